The Hall–Kier alpha value is -2.11. The average molecular weight is 431 g/mol. The second kappa shape index (κ2) is 10.8. The molecule has 30 heavy (non-hydrogen) atoms. The zero-order chi connectivity index (χ0) is 20.1. The monoisotopic (exact) mass is 430 g/mol. The minimum absolute atomic E-state index is 0. The molecule has 2 aromatic rings. The van der Waals surface area contributed by atoms with E-state index < -0.39 is 0 Å². The third kappa shape index (κ3) is 5.96. The first-order valence-electron chi connectivity index (χ1n) is 10.7. The summed E-state index contributed by atoms with van der Waals surface area (Å²) in [7, 11) is 0. The molecule has 162 valence electrons. The first-order chi connectivity index (χ1) is 14.2. The summed E-state index contributed by atoms with van der Waals surface area (Å²) in [5.41, 5.74) is 2.45. The van der Waals surface area contributed by atoms with Crippen LogP contribution in [0.15, 0.2) is 54.6 Å². The number of carbonyl (C=O) groups excluding carboxylic acids is 1. The zero-order valence-electron chi connectivity index (χ0n) is 17.4. The normalized spacial score (nSPS) is 18.2. The van der Waals surface area contributed by atoms with E-state index in [1.807, 2.05) is 17.0 Å². The largest absolute Gasteiger partial charge is 1.00 e. The Kier molecular flexibility index (Phi) is 8.11. The van der Waals surface area contributed by atoms with Crippen molar-refractivity contribution in [2.75, 3.05) is 50.7 Å². The number of halogens is 2. The third-order valence-corrected chi connectivity index (χ3v) is 6.26. The van der Waals surface area contributed by atoms with Gasteiger partial charge in [0.05, 0.1) is 6.54 Å². The molecule has 0 atom stereocenters. The molecule has 2 aliphatic heterocycles. The van der Waals surface area contributed by atoms with Crippen LogP contribution >= 0.6 is 0 Å². The smallest absolute Gasteiger partial charge is 0.236 e. The summed E-state index contributed by atoms with van der Waals surface area (Å²) in [5, 5.41) is 0. The lowest BCUT2D eigenvalue weighted by atomic mass is 9.90. The molecule has 0 N–H and O–H groups in total. The summed E-state index contributed by atoms with van der Waals surface area (Å²) in [6.07, 6.45) is 3.31. The van der Waals surface area contributed by atoms with Crippen molar-refractivity contribution in [1.29, 1.82) is 0 Å². The van der Waals surface area contributed by atoms with Crippen molar-refractivity contribution in [3.63, 3.8) is 0 Å². The average Bonchev–Trinajstić information content (AvgIpc) is 2.76. The highest BCUT2D eigenvalue weighted by atomic mass is 35.5. The Labute approximate surface area is 185 Å². The lowest BCUT2D eigenvalue weighted by molar-refractivity contribution is -0.133. The van der Waals surface area contributed by atoms with Gasteiger partial charge in [0.25, 0.3) is 0 Å². The third-order valence-electron chi connectivity index (χ3n) is 6.26. The molecule has 0 bridgehead atoms. The molecular weight excluding hydrogens is 401 g/mol. The number of anilines is 1. The summed E-state index contributed by atoms with van der Waals surface area (Å²) in [5.74, 6) is 0.740. The summed E-state index contributed by atoms with van der Waals surface area (Å²) in [4.78, 5) is 19.3. The van der Waals surface area contributed by atoms with E-state index in [0.29, 0.717) is 12.5 Å². The topological polar surface area (TPSA) is 26.8 Å². The van der Waals surface area contributed by atoms with Crippen LogP contribution in [0.3, 0.4) is 0 Å². The van der Waals surface area contributed by atoms with Crippen LogP contribution in [-0.2, 0) is 11.2 Å². The van der Waals surface area contributed by atoms with Gasteiger partial charge < -0.3 is 22.2 Å². The molecule has 6 heteroatoms. The van der Waals surface area contributed by atoms with E-state index >= 15 is 0 Å². The first kappa shape index (κ1) is 22.6. The van der Waals surface area contributed by atoms with E-state index in [9.17, 15) is 9.18 Å². The summed E-state index contributed by atoms with van der Waals surface area (Å²) < 4.78 is 13.1. The molecule has 0 aliphatic carbocycles. The fourth-order valence-corrected chi connectivity index (χ4v) is 4.44. The summed E-state index contributed by atoms with van der Waals surface area (Å²) >= 11 is 0. The maximum absolute atomic E-state index is 13.1. The predicted molar refractivity (Wildman–Crippen MR) is 115 cm³/mol. The molecule has 2 fully saturated rings. The van der Waals surface area contributed by atoms with E-state index in [2.05, 4.69) is 40.1 Å². The van der Waals surface area contributed by atoms with Gasteiger partial charge in [-0.15, -0.1) is 0 Å². The van der Waals surface area contributed by atoms with Crippen molar-refractivity contribution in [3.05, 3.63) is 66.0 Å². The number of hydrogen-bond donors (Lipinski definition) is 0. The second-order valence-electron chi connectivity index (χ2n) is 8.25. The quantitative estimate of drug-likeness (QED) is 0.688. The van der Waals surface area contributed by atoms with Gasteiger partial charge in [-0.1, -0.05) is 30.3 Å². The number of piperazine rings is 1. The minimum atomic E-state index is -0.203. The molecule has 1 amide bonds. The van der Waals surface area contributed by atoms with Crippen LogP contribution in [0.2, 0.25) is 0 Å². The molecular formula is C24H30ClFN3O-. The van der Waals surface area contributed by atoms with Crippen LogP contribution in [0.25, 0.3) is 0 Å². The highest BCUT2D eigenvalue weighted by Crippen LogP contribution is 2.22. The van der Waals surface area contributed by atoms with E-state index in [4.69, 9.17) is 0 Å². The fraction of sp³-hybridized carbons (Fsp3) is 0.458. The molecule has 4 nitrogen and oxygen atoms in total. The Morgan fingerprint density at radius 3 is 2.13 bits per heavy atom. The van der Waals surface area contributed by atoms with Crippen LogP contribution in [0.4, 0.5) is 10.1 Å². The standard InChI is InChI=1S/C24H30FN3O.ClH/c25-22-6-8-23(9-7-22)27-16-14-26(15-17-27)19-24(29)28-12-10-21(11-13-28)18-20-4-2-1-3-5-20;/h1-9,21H,10-19H2;1H/p-1. The van der Waals surface area contributed by atoms with Gasteiger partial charge in [0.15, 0.2) is 0 Å². The van der Waals surface area contributed by atoms with Gasteiger partial charge in [-0.2, -0.15) is 0 Å². The highest BCUT2D eigenvalue weighted by molar-refractivity contribution is 5.78. The van der Waals surface area contributed by atoms with E-state index in [1.165, 1.54) is 17.7 Å². The van der Waals surface area contributed by atoms with E-state index in [1.54, 1.807) is 0 Å². The lowest BCUT2D eigenvalue weighted by Crippen LogP contribution is -3.00. The van der Waals surface area contributed by atoms with Crippen LogP contribution < -0.4 is 17.3 Å². The van der Waals surface area contributed by atoms with Crippen molar-refractivity contribution < 1.29 is 21.6 Å². The number of benzene rings is 2. The summed E-state index contributed by atoms with van der Waals surface area (Å²) in [6.45, 7) is 5.76. The van der Waals surface area contributed by atoms with Gasteiger partial charge >= 0.3 is 0 Å². The molecule has 0 aromatic heterocycles. The van der Waals surface area contributed by atoms with Crippen molar-refractivity contribution >= 4 is 11.6 Å². The Balaban J connectivity index is 0.00000256. The van der Waals surface area contributed by atoms with Crippen LogP contribution in [-0.4, -0.2) is 61.5 Å². The fourth-order valence-electron chi connectivity index (χ4n) is 4.44. The van der Waals surface area contributed by atoms with E-state index in [0.717, 1.165) is 64.2 Å². The van der Waals surface area contributed by atoms with Crippen LogP contribution in [0, 0.1) is 11.7 Å². The number of carbonyl (C=O) groups is 1. The van der Waals surface area contributed by atoms with Gasteiger partial charge in [-0.3, -0.25) is 9.69 Å². The van der Waals surface area contributed by atoms with Gasteiger partial charge in [0.2, 0.25) is 5.91 Å². The van der Waals surface area contributed by atoms with Crippen molar-refractivity contribution in [2.24, 2.45) is 5.92 Å². The molecule has 4 rings (SSSR count). The Bertz CT molecular complexity index is 786. The second-order valence-corrected chi connectivity index (χ2v) is 8.25. The van der Waals surface area contributed by atoms with Crippen molar-refractivity contribution in [3.8, 4) is 0 Å². The molecule has 0 spiro atoms. The number of piperidine rings is 1. The molecule has 2 heterocycles. The number of rotatable bonds is 5. The minimum Gasteiger partial charge on any atom is -1.00 e. The Morgan fingerprint density at radius 1 is 0.867 bits per heavy atom. The predicted octanol–water partition coefficient (Wildman–Crippen LogP) is 0.433. The van der Waals surface area contributed by atoms with Gasteiger partial charge in [0.1, 0.15) is 5.82 Å². The maximum atomic E-state index is 13.1. The van der Waals surface area contributed by atoms with E-state index in [-0.39, 0.29) is 24.1 Å². The molecule has 0 saturated carbocycles. The Morgan fingerprint density at radius 2 is 1.50 bits per heavy atom. The lowest BCUT2D eigenvalue weighted by Gasteiger charge is -2.38. The maximum Gasteiger partial charge on any atom is 0.236 e. The highest BCUT2D eigenvalue weighted by Gasteiger charge is 2.25. The molecule has 0 unspecified atom stereocenters. The number of nitrogens with zero attached hydrogens (tertiary/aromatic N) is 3. The molecule has 2 aliphatic rings. The van der Waals surface area contributed by atoms with Crippen molar-refractivity contribution in [2.45, 2.75) is 19.3 Å². The van der Waals surface area contributed by atoms with Gasteiger partial charge in [0, 0.05) is 45.0 Å². The van der Waals surface area contributed by atoms with Crippen LogP contribution in [0.1, 0.15) is 18.4 Å². The van der Waals surface area contributed by atoms with Gasteiger partial charge in [-0.05, 0) is 55.0 Å². The molecule has 2 aromatic carbocycles. The summed E-state index contributed by atoms with van der Waals surface area (Å²) in [6, 6.07) is 17.3. The van der Waals surface area contributed by atoms with Gasteiger partial charge in [-0.25, -0.2) is 4.39 Å². The first-order valence-corrected chi connectivity index (χ1v) is 10.7. The number of hydrogen-bond acceptors (Lipinski definition) is 3. The zero-order valence-corrected chi connectivity index (χ0v) is 18.1. The number of amides is 1. The SMILES string of the molecule is O=C(CN1CCN(c2ccc(F)cc2)CC1)N1CCC(Cc2ccccc2)CC1.[Cl-]. The molecule has 0 radical (unpaired) electrons. The van der Waals surface area contributed by atoms with Crippen LogP contribution in [0.5, 0.6) is 0 Å². The number of likely N-dealkylation sites (tertiary alicyclic amines) is 1. The van der Waals surface area contributed by atoms with Crippen molar-refractivity contribution in [1.82, 2.24) is 9.80 Å². The molecule has 2 saturated heterocycles.